The van der Waals surface area contributed by atoms with Gasteiger partial charge in [0.25, 0.3) is 11.8 Å². The van der Waals surface area contributed by atoms with Gasteiger partial charge in [-0.15, -0.1) is 0 Å². The van der Waals surface area contributed by atoms with Crippen molar-refractivity contribution in [2.45, 2.75) is 0 Å². The van der Waals surface area contributed by atoms with Crippen molar-refractivity contribution in [2.24, 2.45) is 0 Å². The highest BCUT2D eigenvalue weighted by Gasteiger charge is 2.34. The van der Waals surface area contributed by atoms with E-state index in [1.807, 2.05) is 30.3 Å². The lowest BCUT2D eigenvalue weighted by atomic mass is 10.1. The summed E-state index contributed by atoms with van der Waals surface area (Å²) in [5.74, 6) is 1.22. The van der Waals surface area contributed by atoms with Crippen molar-refractivity contribution in [3.05, 3.63) is 83.9 Å². The number of carbonyl (C=O) groups excluding carboxylic acids is 2. The summed E-state index contributed by atoms with van der Waals surface area (Å²) >= 11 is 5.27. The second-order valence-corrected chi connectivity index (χ2v) is 7.37. The lowest BCUT2D eigenvalue weighted by molar-refractivity contribution is -0.122. The molecular weight excluding hydrogens is 440 g/mol. The number of amides is 2. The first-order valence-electron chi connectivity index (χ1n) is 9.96. The summed E-state index contributed by atoms with van der Waals surface area (Å²) < 4.78 is 16.3. The summed E-state index contributed by atoms with van der Waals surface area (Å²) in [4.78, 5) is 27.0. The summed E-state index contributed by atoms with van der Waals surface area (Å²) in [6, 6.07) is 21.3. The Morgan fingerprint density at radius 1 is 0.848 bits per heavy atom. The van der Waals surface area contributed by atoms with Crippen molar-refractivity contribution in [1.82, 2.24) is 5.32 Å². The lowest BCUT2D eigenvalue weighted by Gasteiger charge is -2.29. The Kier molecular flexibility index (Phi) is 6.37. The van der Waals surface area contributed by atoms with E-state index in [2.05, 4.69) is 5.32 Å². The van der Waals surface area contributed by atoms with Crippen LogP contribution in [0.3, 0.4) is 0 Å². The fourth-order valence-electron chi connectivity index (χ4n) is 3.29. The number of para-hydroxylation sites is 1. The summed E-state index contributed by atoms with van der Waals surface area (Å²) in [7, 11) is 3.04. The fourth-order valence-corrected chi connectivity index (χ4v) is 3.57. The Morgan fingerprint density at radius 3 is 2.18 bits per heavy atom. The molecule has 7 nitrogen and oxygen atoms in total. The minimum absolute atomic E-state index is 0.00573. The highest BCUT2D eigenvalue weighted by molar-refractivity contribution is 7.80. The van der Waals surface area contributed by atoms with Crippen LogP contribution in [0.5, 0.6) is 23.0 Å². The highest BCUT2D eigenvalue weighted by atomic mass is 32.1. The van der Waals surface area contributed by atoms with E-state index in [1.54, 1.807) is 42.5 Å². The molecule has 1 fully saturated rings. The lowest BCUT2D eigenvalue weighted by Crippen LogP contribution is -2.54. The molecule has 0 aromatic heterocycles. The van der Waals surface area contributed by atoms with Crippen LogP contribution >= 0.6 is 12.2 Å². The van der Waals surface area contributed by atoms with E-state index in [9.17, 15) is 9.59 Å². The van der Waals surface area contributed by atoms with Gasteiger partial charge in [0.1, 0.15) is 17.1 Å². The number of carbonyl (C=O) groups is 2. The average molecular weight is 461 g/mol. The molecule has 1 N–H and O–H groups in total. The largest absolute Gasteiger partial charge is 0.493 e. The van der Waals surface area contributed by atoms with Gasteiger partial charge in [-0.3, -0.25) is 19.8 Å². The molecule has 0 radical (unpaired) electrons. The van der Waals surface area contributed by atoms with Crippen LogP contribution in [0.25, 0.3) is 6.08 Å². The summed E-state index contributed by atoms with van der Waals surface area (Å²) in [5, 5.41) is 2.58. The maximum atomic E-state index is 13.2. The smallest absolute Gasteiger partial charge is 0.270 e. The van der Waals surface area contributed by atoms with Crippen LogP contribution < -0.4 is 24.4 Å². The molecule has 0 atom stereocenters. The molecule has 1 aliphatic heterocycles. The van der Waals surface area contributed by atoms with E-state index in [0.29, 0.717) is 34.2 Å². The molecule has 0 unspecified atom stereocenters. The highest BCUT2D eigenvalue weighted by Crippen LogP contribution is 2.30. The van der Waals surface area contributed by atoms with E-state index in [-0.39, 0.29) is 10.7 Å². The van der Waals surface area contributed by atoms with Gasteiger partial charge in [-0.25, -0.2) is 0 Å². The molecular formula is C25H20N2O5S. The van der Waals surface area contributed by atoms with Gasteiger partial charge in [0.15, 0.2) is 16.6 Å². The molecule has 0 saturated carbocycles. The van der Waals surface area contributed by atoms with E-state index in [4.69, 9.17) is 26.4 Å². The molecule has 2 amide bonds. The maximum Gasteiger partial charge on any atom is 0.270 e. The summed E-state index contributed by atoms with van der Waals surface area (Å²) in [5.41, 5.74) is 1.05. The molecule has 166 valence electrons. The summed E-state index contributed by atoms with van der Waals surface area (Å²) in [6.45, 7) is 0. The van der Waals surface area contributed by atoms with E-state index >= 15 is 0 Å². The Bertz CT molecular complexity index is 1240. The number of rotatable bonds is 6. The second-order valence-electron chi connectivity index (χ2n) is 6.98. The Hall–Kier alpha value is -4.17. The first-order chi connectivity index (χ1) is 16.0. The molecule has 8 heteroatoms. The number of anilines is 1. The Labute approximate surface area is 196 Å². The molecule has 0 aliphatic carbocycles. The van der Waals surface area contributed by atoms with Crippen LogP contribution in [0.15, 0.2) is 78.4 Å². The fraction of sp³-hybridized carbons (Fsp3) is 0.0800. The molecule has 3 aromatic rings. The van der Waals surface area contributed by atoms with Gasteiger partial charge in [-0.05, 0) is 72.4 Å². The van der Waals surface area contributed by atoms with Crippen molar-refractivity contribution >= 4 is 40.9 Å². The number of hydrogen-bond acceptors (Lipinski definition) is 6. The van der Waals surface area contributed by atoms with E-state index < -0.39 is 11.8 Å². The third-order valence-corrected chi connectivity index (χ3v) is 5.18. The predicted octanol–water partition coefficient (Wildman–Crippen LogP) is 4.33. The standard InChI is InChI=1S/C25H20N2O5S/c1-30-21-13-8-16(15-22(21)31-2)14-20-23(28)26-25(33)27(24(20)29)17-9-11-19(12-10-17)32-18-6-4-3-5-7-18/h3-15H,1-2H3,(H,26,28,33)/b20-14+. The molecule has 0 spiro atoms. The van der Waals surface area contributed by atoms with Crippen LogP contribution in [0.4, 0.5) is 5.69 Å². The van der Waals surface area contributed by atoms with E-state index in [1.165, 1.54) is 25.2 Å². The summed E-state index contributed by atoms with van der Waals surface area (Å²) in [6.07, 6.45) is 1.49. The minimum Gasteiger partial charge on any atom is -0.493 e. The third-order valence-electron chi connectivity index (χ3n) is 4.89. The quantitative estimate of drug-likeness (QED) is 0.335. The molecule has 0 bridgehead atoms. The number of ether oxygens (including phenoxy) is 3. The SMILES string of the molecule is COc1ccc(/C=C2\C(=O)NC(=S)N(c3ccc(Oc4ccccc4)cc3)C2=O)cc1OC. The molecule has 3 aromatic carbocycles. The number of methoxy groups -OCH3 is 2. The number of thiocarbonyl (C=S) groups is 1. The molecule has 1 heterocycles. The number of benzene rings is 3. The molecule has 33 heavy (non-hydrogen) atoms. The van der Waals surface area contributed by atoms with Crippen molar-refractivity contribution in [2.75, 3.05) is 19.1 Å². The zero-order valence-electron chi connectivity index (χ0n) is 17.9. The number of nitrogens with zero attached hydrogens (tertiary/aromatic N) is 1. The van der Waals surface area contributed by atoms with Crippen LogP contribution in [-0.4, -0.2) is 31.1 Å². The monoisotopic (exact) mass is 460 g/mol. The van der Waals surface area contributed by atoms with Crippen molar-refractivity contribution < 1.29 is 23.8 Å². The predicted molar refractivity (Wildman–Crippen MR) is 129 cm³/mol. The second kappa shape index (κ2) is 9.54. The van der Waals surface area contributed by atoms with Crippen LogP contribution in [0.1, 0.15) is 5.56 Å². The van der Waals surface area contributed by atoms with Crippen LogP contribution in [0, 0.1) is 0 Å². The first-order valence-corrected chi connectivity index (χ1v) is 10.4. The van der Waals surface area contributed by atoms with Crippen molar-refractivity contribution in [3.63, 3.8) is 0 Å². The normalized spacial score (nSPS) is 14.8. The zero-order chi connectivity index (χ0) is 23.4. The van der Waals surface area contributed by atoms with Gasteiger partial charge in [0, 0.05) is 0 Å². The molecule has 4 rings (SSSR count). The van der Waals surface area contributed by atoms with Gasteiger partial charge >= 0.3 is 0 Å². The Morgan fingerprint density at radius 2 is 1.52 bits per heavy atom. The number of nitrogens with one attached hydrogen (secondary N) is 1. The Balaban J connectivity index is 1.61. The minimum atomic E-state index is -0.569. The third kappa shape index (κ3) is 4.70. The van der Waals surface area contributed by atoms with Crippen molar-refractivity contribution in [3.8, 4) is 23.0 Å². The topological polar surface area (TPSA) is 77.1 Å². The maximum absolute atomic E-state index is 13.2. The van der Waals surface area contributed by atoms with Crippen LogP contribution in [0.2, 0.25) is 0 Å². The molecule has 1 saturated heterocycles. The van der Waals surface area contributed by atoms with Gasteiger partial charge in [0.05, 0.1) is 19.9 Å². The van der Waals surface area contributed by atoms with Crippen molar-refractivity contribution in [1.29, 1.82) is 0 Å². The van der Waals surface area contributed by atoms with Gasteiger partial charge < -0.3 is 14.2 Å². The first kappa shape index (κ1) is 22.0. The van der Waals surface area contributed by atoms with Gasteiger partial charge in [-0.1, -0.05) is 24.3 Å². The van der Waals surface area contributed by atoms with Crippen LogP contribution in [-0.2, 0) is 9.59 Å². The van der Waals surface area contributed by atoms with E-state index in [0.717, 1.165) is 0 Å². The number of hydrogen-bond donors (Lipinski definition) is 1. The zero-order valence-corrected chi connectivity index (χ0v) is 18.7. The average Bonchev–Trinajstić information content (AvgIpc) is 2.83. The van der Waals surface area contributed by atoms with Gasteiger partial charge in [0.2, 0.25) is 0 Å². The van der Waals surface area contributed by atoms with Gasteiger partial charge in [-0.2, -0.15) is 0 Å². The molecule has 1 aliphatic rings.